The van der Waals surface area contributed by atoms with Crippen LogP contribution >= 0.6 is 0 Å². The molecule has 0 bridgehead atoms. The Morgan fingerprint density at radius 1 is 1.04 bits per heavy atom. The molecule has 1 heterocycles. The lowest BCUT2D eigenvalue weighted by atomic mass is 10.1. The van der Waals surface area contributed by atoms with E-state index in [0.29, 0.717) is 6.04 Å². The van der Waals surface area contributed by atoms with Gasteiger partial charge >= 0.3 is 0 Å². The van der Waals surface area contributed by atoms with Crippen LogP contribution < -0.4 is 4.74 Å². The lowest BCUT2D eigenvalue weighted by Crippen LogP contribution is -2.51. The first-order valence-corrected chi connectivity index (χ1v) is 9.49. The molecule has 0 amide bonds. The van der Waals surface area contributed by atoms with Crippen LogP contribution in [-0.4, -0.2) is 66.9 Å². The number of ether oxygens (including phenoxy) is 1. The molecule has 136 valence electrons. The van der Waals surface area contributed by atoms with Crippen LogP contribution in [0.4, 0.5) is 0 Å². The highest BCUT2D eigenvalue weighted by Gasteiger charge is 2.21. The second kappa shape index (κ2) is 9.18. The van der Waals surface area contributed by atoms with E-state index in [2.05, 4.69) is 59.2 Å². The van der Waals surface area contributed by atoms with Crippen molar-refractivity contribution >= 4 is 10.8 Å². The first kappa shape index (κ1) is 18.2. The van der Waals surface area contributed by atoms with Crippen molar-refractivity contribution in [2.45, 2.75) is 25.8 Å². The zero-order valence-electron chi connectivity index (χ0n) is 15.2. The van der Waals surface area contributed by atoms with Gasteiger partial charge < -0.3 is 14.7 Å². The number of aliphatic hydroxyl groups excluding tert-OH is 1. The van der Waals surface area contributed by atoms with Gasteiger partial charge in [-0.3, -0.25) is 4.90 Å². The van der Waals surface area contributed by atoms with Gasteiger partial charge in [0.05, 0.1) is 13.2 Å². The second-order valence-corrected chi connectivity index (χ2v) is 6.80. The molecule has 1 fully saturated rings. The number of hydrogen-bond acceptors (Lipinski definition) is 4. The smallest absolute Gasteiger partial charge is 0.127 e. The highest BCUT2D eigenvalue weighted by atomic mass is 16.5. The van der Waals surface area contributed by atoms with E-state index in [1.165, 1.54) is 10.8 Å². The van der Waals surface area contributed by atoms with Crippen molar-refractivity contribution in [3.05, 3.63) is 42.5 Å². The Hall–Kier alpha value is -1.62. The van der Waals surface area contributed by atoms with Gasteiger partial charge in [-0.15, -0.1) is 0 Å². The number of aliphatic hydroxyl groups is 1. The van der Waals surface area contributed by atoms with Gasteiger partial charge in [0.1, 0.15) is 5.75 Å². The lowest BCUT2D eigenvalue weighted by molar-refractivity contribution is 0.0618. The van der Waals surface area contributed by atoms with Crippen LogP contribution in [0.5, 0.6) is 5.75 Å². The van der Waals surface area contributed by atoms with Crippen LogP contribution in [0.1, 0.15) is 19.8 Å². The molecule has 4 nitrogen and oxygen atoms in total. The molecule has 3 rings (SSSR count). The van der Waals surface area contributed by atoms with Crippen molar-refractivity contribution in [1.82, 2.24) is 9.80 Å². The summed E-state index contributed by atoms with van der Waals surface area (Å²) in [7, 11) is 0. The van der Waals surface area contributed by atoms with Crippen molar-refractivity contribution in [2.24, 2.45) is 0 Å². The quantitative estimate of drug-likeness (QED) is 0.748. The number of fused-ring (bicyclic) bond motifs is 1. The van der Waals surface area contributed by atoms with Crippen LogP contribution in [0.15, 0.2) is 42.5 Å². The largest absolute Gasteiger partial charge is 0.493 e. The second-order valence-electron chi connectivity index (χ2n) is 6.80. The van der Waals surface area contributed by atoms with Gasteiger partial charge in [-0.2, -0.15) is 0 Å². The van der Waals surface area contributed by atoms with E-state index < -0.39 is 0 Å². The maximum Gasteiger partial charge on any atom is 0.127 e. The molecular formula is C21H30N2O2. The third-order valence-corrected chi connectivity index (χ3v) is 5.23. The van der Waals surface area contributed by atoms with Gasteiger partial charge in [0.25, 0.3) is 0 Å². The Labute approximate surface area is 151 Å². The Morgan fingerprint density at radius 2 is 1.80 bits per heavy atom. The molecule has 1 aliphatic heterocycles. The van der Waals surface area contributed by atoms with E-state index in [1.54, 1.807) is 0 Å². The normalized spacial score (nSPS) is 17.7. The van der Waals surface area contributed by atoms with Crippen LogP contribution in [0.3, 0.4) is 0 Å². The van der Waals surface area contributed by atoms with Crippen molar-refractivity contribution in [3.8, 4) is 5.75 Å². The van der Waals surface area contributed by atoms with Gasteiger partial charge in [0.15, 0.2) is 0 Å². The molecule has 1 N–H and O–H groups in total. The average molecular weight is 342 g/mol. The fraction of sp³-hybridized carbons (Fsp3) is 0.524. The summed E-state index contributed by atoms with van der Waals surface area (Å²) in [4.78, 5) is 4.93. The third kappa shape index (κ3) is 4.72. The van der Waals surface area contributed by atoms with Crippen molar-refractivity contribution in [3.63, 3.8) is 0 Å². The fourth-order valence-electron chi connectivity index (χ4n) is 3.65. The van der Waals surface area contributed by atoms with E-state index in [-0.39, 0.29) is 6.61 Å². The number of hydrogen-bond donors (Lipinski definition) is 1. The predicted molar refractivity (Wildman–Crippen MR) is 103 cm³/mol. The van der Waals surface area contributed by atoms with E-state index in [0.717, 1.165) is 57.9 Å². The highest BCUT2D eigenvalue weighted by Crippen LogP contribution is 2.25. The molecule has 1 saturated heterocycles. The Bertz CT molecular complexity index is 644. The standard InChI is InChI=1S/C21H30N2O2/c1-2-19(17-24)23-14-12-22(13-15-23)11-6-16-25-21-10-5-8-18-7-3-4-9-20(18)21/h3-5,7-10,19,24H,2,6,11-17H2,1H3. The summed E-state index contributed by atoms with van der Waals surface area (Å²) in [5.41, 5.74) is 0. The molecular weight excluding hydrogens is 312 g/mol. The number of rotatable bonds is 8. The van der Waals surface area contributed by atoms with Gasteiger partial charge in [-0.1, -0.05) is 43.3 Å². The lowest BCUT2D eigenvalue weighted by Gasteiger charge is -2.38. The summed E-state index contributed by atoms with van der Waals surface area (Å²) >= 11 is 0. The third-order valence-electron chi connectivity index (χ3n) is 5.23. The van der Waals surface area contributed by atoms with E-state index in [9.17, 15) is 5.11 Å². The van der Waals surface area contributed by atoms with Gasteiger partial charge in [-0.05, 0) is 24.3 Å². The van der Waals surface area contributed by atoms with Crippen molar-refractivity contribution in [1.29, 1.82) is 0 Å². The summed E-state index contributed by atoms with van der Waals surface area (Å²) < 4.78 is 6.03. The predicted octanol–water partition coefficient (Wildman–Crippen LogP) is 3.00. The minimum atomic E-state index is 0.273. The van der Waals surface area contributed by atoms with E-state index in [4.69, 9.17) is 4.74 Å². The molecule has 1 atom stereocenters. The minimum Gasteiger partial charge on any atom is -0.493 e. The first-order chi connectivity index (χ1) is 12.3. The molecule has 2 aromatic carbocycles. The number of benzene rings is 2. The average Bonchev–Trinajstić information content (AvgIpc) is 2.67. The van der Waals surface area contributed by atoms with Crippen LogP contribution in [-0.2, 0) is 0 Å². The van der Waals surface area contributed by atoms with Gasteiger partial charge in [0, 0.05) is 44.2 Å². The van der Waals surface area contributed by atoms with Crippen molar-refractivity contribution < 1.29 is 9.84 Å². The zero-order valence-corrected chi connectivity index (χ0v) is 15.2. The zero-order chi connectivity index (χ0) is 17.5. The van der Waals surface area contributed by atoms with Gasteiger partial charge in [-0.25, -0.2) is 0 Å². The van der Waals surface area contributed by atoms with Crippen molar-refractivity contribution in [2.75, 3.05) is 45.9 Å². The first-order valence-electron chi connectivity index (χ1n) is 9.49. The topological polar surface area (TPSA) is 35.9 Å². The van der Waals surface area contributed by atoms with Crippen LogP contribution in [0.25, 0.3) is 10.8 Å². The molecule has 0 spiro atoms. The molecule has 1 aliphatic rings. The molecule has 1 unspecified atom stereocenters. The SMILES string of the molecule is CCC(CO)N1CCN(CCCOc2cccc3ccccc23)CC1. The summed E-state index contributed by atoms with van der Waals surface area (Å²) in [5.74, 6) is 0.983. The van der Waals surface area contributed by atoms with E-state index >= 15 is 0 Å². The maximum absolute atomic E-state index is 9.43. The number of piperazine rings is 1. The fourth-order valence-corrected chi connectivity index (χ4v) is 3.65. The molecule has 2 aromatic rings. The number of nitrogens with zero attached hydrogens (tertiary/aromatic N) is 2. The van der Waals surface area contributed by atoms with Crippen LogP contribution in [0, 0.1) is 0 Å². The maximum atomic E-state index is 9.43. The summed E-state index contributed by atoms with van der Waals surface area (Å²) in [6, 6.07) is 14.9. The Balaban J connectivity index is 1.41. The molecule has 0 aliphatic carbocycles. The highest BCUT2D eigenvalue weighted by molar-refractivity contribution is 5.88. The monoisotopic (exact) mass is 342 g/mol. The molecule has 0 aromatic heterocycles. The molecule has 4 heteroatoms. The van der Waals surface area contributed by atoms with Gasteiger partial charge in [0.2, 0.25) is 0 Å². The summed E-state index contributed by atoms with van der Waals surface area (Å²) in [6.07, 6.45) is 2.07. The summed E-state index contributed by atoms with van der Waals surface area (Å²) in [5, 5.41) is 11.8. The minimum absolute atomic E-state index is 0.273. The summed E-state index contributed by atoms with van der Waals surface area (Å²) in [6.45, 7) is 8.55. The molecule has 0 saturated carbocycles. The Morgan fingerprint density at radius 3 is 2.56 bits per heavy atom. The molecule has 25 heavy (non-hydrogen) atoms. The van der Waals surface area contributed by atoms with Crippen LogP contribution in [0.2, 0.25) is 0 Å². The molecule has 0 radical (unpaired) electrons. The Kier molecular flexibility index (Phi) is 6.68. The van der Waals surface area contributed by atoms with E-state index in [1.807, 2.05) is 0 Å².